The molecule has 0 aliphatic carbocycles. The van der Waals surface area contributed by atoms with Crippen LogP contribution in [0.5, 0.6) is 5.88 Å². The molecule has 1 unspecified atom stereocenters. The zero-order valence-electron chi connectivity index (χ0n) is 14.0. The lowest BCUT2D eigenvalue weighted by molar-refractivity contribution is 0.0909. The molecule has 122 valence electrons. The van der Waals surface area contributed by atoms with E-state index in [4.69, 9.17) is 4.74 Å². The molecule has 0 spiro atoms. The Morgan fingerprint density at radius 2 is 1.91 bits per heavy atom. The summed E-state index contributed by atoms with van der Waals surface area (Å²) in [7, 11) is 0. The molecule has 0 aliphatic rings. The van der Waals surface area contributed by atoms with Crippen molar-refractivity contribution in [2.45, 2.75) is 40.3 Å². The molecule has 0 aliphatic heterocycles. The largest absolute Gasteiger partial charge is 0.473 e. The minimum Gasteiger partial charge on any atom is -0.473 e. The van der Waals surface area contributed by atoms with Crippen LogP contribution < -0.4 is 10.1 Å². The molecule has 0 bridgehead atoms. The summed E-state index contributed by atoms with van der Waals surface area (Å²) in [6.07, 6.45) is 4.97. The first-order chi connectivity index (χ1) is 10.9. The molecule has 2 rings (SSSR count). The number of nitrogens with zero attached hydrogens (tertiary/aromatic N) is 2. The Labute approximate surface area is 137 Å². The number of amides is 1. The van der Waals surface area contributed by atoms with Gasteiger partial charge in [-0.1, -0.05) is 20.8 Å². The number of nitrogens with one attached hydrogen (secondary N) is 1. The first kappa shape index (κ1) is 16.9. The Bertz CT molecular complexity index is 634. The summed E-state index contributed by atoms with van der Waals surface area (Å²) >= 11 is 0. The van der Waals surface area contributed by atoms with Crippen molar-refractivity contribution in [1.29, 1.82) is 0 Å². The monoisotopic (exact) mass is 313 g/mol. The lowest BCUT2D eigenvalue weighted by atomic mass is 9.88. The van der Waals surface area contributed by atoms with Crippen LogP contribution in [0.4, 0.5) is 0 Å². The SMILES string of the molecule is CC(NC(=O)c1ccc(OCc2ccncc2)nc1)C(C)(C)C. The van der Waals surface area contributed by atoms with Crippen LogP contribution in [0.1, 0.15) is 43.6 Å². The predicted molar refractivity (Wildman–Crippen MR) is 89.2 cm³/mol. The van der Waals surface area contributed by atoms with Gasteiger partial charge in [-0.3, -0.25) is 9.78 Å². The third kappa shape index (κ3) is 5.06. The molecule has 5 nitrogen and oxygen atoms in total. The van der Waals surface area contributed by atoms with Gasteiger partial charge in [0.25, 0.3) is 5.91 Å². The predicted octanol–water partition coefficient (Wildman–Crippen LogP) is 3.22. The van der Waals surface area contributed by atoms with Crippen molar-refractivity contribution >= 4 is 5.91 Å². The van der Waals surface area contributed by atoms with Gasteiger partial charge in [0.2, 0.25) is 5.88 Å². The molecule has 23 heavy (non-hydrogen) atoms. The summed E-state index contributed by atoms with van der Waals surface area (Å²) in [4.78, 5) is 20.3. The fourth-order valence-corrected chi connectivity index (χ4v) is 1.73. The Balaban J connectivity index is 1.92. The molecular weight excluding hydrogens is 290 g/mol. The maximum absolute atomic E-state index is 12.2. The second-order valence-electron chi connectivity index (χ2n) is 6.59. The summed E-state index contributed by atoms with van der Waals surface area (Å²) in [6, 6.07) is 7.26. The molecule has 1 amide bonds. The molecule has 0 saturated carbocycles. The van der Waals surface area contributed by atoms with Crippen LogP contribution in [-0.4, -0.2) is 21.9 Å². The molecule has 0 saturated heterocycles. The molecule has 5 heteroatoms. The number of ether oxygens (including phenoxy) is 1. The number of aromatic nitrogens is 2. The van der Waals surface area contributed by atoms with Crippen LogP contribution in [0.15, 0.2) is 42.9 Å². The quantitative estimate of drug-likeness (QED) is 0.920. The zero-order valence-corrected chi connectivity index (χ0v) is 14.0. The normalized spacial score (nSPS) is 12.5. The average molecular weight is 313 g/mol. The lowest BCUT2D eigenvalue weighted by Crippen LogP contribution is -2.41. The standard InChI is InChI=1S/C18H23N3O2/c1-13(18(2,3)4)21-17(22)15-5-6-16(20-11-15)23-12-14-7-9-19-10-8-14/h5-11,13H,12H2,1-4H3,(H,21,22). The highest BCUT2D eigenvalue weighted by Crippen LogP contribution is 2.19. The molecule has 2 aromatic rings. The molecule has 2 heterocycles. The van der Waals surface area contributed by atoms with Gasteiger partial charge in [0.05, 0.1) is 5.56 Å². The maximum Gasteiger partial charge on any atom is 0.253 e. The van der Waals surface area contributed by atoms with E-state index >= 15 is 0 Å². The Kier molecular flexibility index (Phi) is 5.32. The molecular formula is C18H23N3O2. The molecule has 1 N–H and O–H groups in total. The van der Waals surface area contributed by atoms with Gasteiger partial charge in [-0.2, -0.15) is 0 Å². The van der Waals surface area contributed by atoms with Gasteiger partial charge in [-0.15, -0.1) is 0 Å². The van der Waals surface area contributed by atoms with E-state index in [-0.39, 0.29) is 17.4 Å². The van der Waals surface area contributed by atoms with Gasteiger partial charge >= 0.3 is 0 Å². The van der Waals surface area contributed by atoms with E-state index in [1.165, 1.54) is 6.20 Å². The molecule has 0 fully saturated rings. The van der Waals surface area contributed by atoms with Gasteiger partial charge in [-0.05, 0) is 36.1 Å². The van der Waals surface area contributed by atoms with Crippen LogP contribution in [0, 0.1) is 5.41 Å². The van der Waals surface area contributed by atoms with E-state index in [1.54, 1.807) is 24.5 Å². The van der Waals surface area contributed by atoms with Crippen molar-refractivity contribution in [3.05, 3.63) is 54.0 Å². The number of pyridine rings is 2. The zero-order chi connectivity index (χ0) is 16.9. The van der Waals surface area contributed by atoms with Gasteiger partial charge in [-0.25, -0.2) is 4.98 Å². The fourth-order valence-electron chi connectivity index (χ4n) is 1.73. The molecule has 0 aromatic carbocycles. The molecule has 0 radical (unpaired) electrons. The van der Waals surface area contributed by atoms with E-state index in [9.17, 15) is 4.79 Å². The first-order valence-electron chi connectivity index (χ1n) is 7.65. The number of hydrogen-bond donors (Lipinski definition) is 1. The van der Waals surface area contributed by atoms with Crippen molar-refractivity contribution in [3.8, 4) is 5.88 Å². The summed E-state index contributed by atoms with van der Waals surface area (Å²) in [5, 5.41) is 2.99. The van der Waals surface area contributed by atoms with Crippen molar-refractivity contribution in [1.82, 2.24) is 15.3 Å². The Hall–Kier alpha value is -2.43. The van der Waals surface area contributed by atoms with Crippen molar-refractivity contribution in [2.75, 3.05) is 0 Å². The smallest absolute Gasteiger partial charge is 0.253 e. The summed E-state index contributed by atoms with van der Waals surface area (Å²) in [5.74, 6) is 0.364. The number of carbonyl (C=O) groups is 1. The van der Waals surface area contributed by atoms with E-state index in [0.29, 0.717) is 18.1 Å². The minimum atomic E-state index is -0.124. The first-order valence-corrected chi connectivity index (χ1v) is 7.65. The second-order valence-corrected chi connectivity index (χ2v) is 6.59. The van der Waals surface area contributed by atoms with E-state index in [0.717, 1.165) is 5.56 Å². The number of hydrogen-bond acceptors (Lipinski definition) is 4. The maximum atomic E-state index is 12.2. The second kappa shape index (κ2) is 7.22. The highest BCUT2D eigenvalue weighted by atomic mass is 16.5. The van der Waals surface area contributed by atoms with Crippen LogP contribution >= 0.6 is 0 Å². The third-order valence-corrected chi connectivity index (χ3v) is 3.78. The van der Waals surface area contributed by atoms with E-state index in [2.05, 4.69) is 36.1 Å². The topological polar surface area (TPSA) is 64.1 Å². The van der Waals surface area contributed by atoms with Crippen molar-refractivity contribution in [3.63, 3.8) is 0 Å². The summed E-state index contributed by atoms with van der Waals surface area (Å²) in [6.45, 7) is 8.68. The third-order valence-electron chi connectivity index (χ3n) is 3.78. The van der Waals surface area contributed by atoms with Crippen LogP contribution in [0.3, 0.4) is 0 Å². The van der Waals surface area contributed by atoms with Crippen LogP contribution in [-0.2, 0) is 6.61 Å². The van der Waals surface area contributed by atoms with Gasteiger partial charge in [0.15, 0.2) is 0 Å². The summed E-state index contributed by atoms with van der Waals surface area (Å²) in [5.41, 5.74) is 1.55. The minimum absolute atomic E-state index is 0.0106. The molecule has 1 atom stereocenters. The van der Waals surface area contributed by atoms with Gasteiger partial charge in [0, 0.05) is 30.7 Å². The Morgan fingerprint density at radius 1 is 1.22 bits per heavy atom. The lowest BCUT2D eigenvalue weighted by Gasteiger charge is -2.28. The van der Waals surface area contributed by atoms with Crippen molar-refractivity contribution in [2.24, 2.45) is 5.41 Å². The molecule has 2 aromatic heterocycles. The highest BCUT2D eigenvalue weighted by molar-refractivity contribution is 5.94. The average Bonchev–Trinajstić information content (AvgIpc) is 2.53. The van der Waals surface area contributed by atoms with Gasteiger partial charge < -0.3 is 10.1 Å². The van der Waals surface area contributed by atoms with E-state index in [1.807, 2.05) is 19.1 Å². The fraction of sp³-hybridized carbons (Fsp3) is 0.389. The Morgan fingerprint density at radius 3 is 2.48 bits per heavy atom. The van der Waals surface area contributed by atoms with Gasteiger partial charge in [0.1, 0.15) is 6.61 Å². The number of rotatable bonds is 5. The van der Waals surface area contributed by atoms with Crippen LogP contribution in [0.2, 0.25) is 0 Å². The highest BCUT2D eigenvalue weighted by Gasteiger charge is 2.22. The number of carbonyl (C=O) groups excluding carboxylic acids is 1. The van der Waals surface area contributed by atoms with Crippen LogP contribution in [0.25, 0.3) is 0 Å². The van der Waals surface area contributed by atoms with Crippen molar-refractivity contribution < 1.29 is 9.53 Å². The summed E-state index contributed by atoms with van der Waals surface area (Å²) < 4.78 is 5.59. The van der Waals surface area contributed by atoms with E-state index < -0.39 is 0 Å².